The normalized spacial score (nSPS) is 12.0. The van der Waals surface area contributed by atoms with Gasteiger partial charge in [-0.05, 0) is 12.1 Å². The average Bonchev–Trinajstić information content (AvgIpc) is 2.00. The van der Waals surface area contributed by atoms with Gasteiger partial charge in [0.1, 0.15) is 4.90 Å². The third kappa shape index (κ3) is 2.78. The van der Waals surface area contributed by atoms with Crippen LogP contribution in [0.25, 0.3) is 0 Å². The zero-order chi connectivity index (χ0) is 9.30. The molecule has 0 aromatic heterocycles. The molecule has 7 heteroatoms. The van der Waals surface area contributed by atoms with Gasteiger partial charge in [-0.25, -0.2) is 17.4 Å². The zero-order valence-corrected chi connectivity index (χ0v) is 9.37. The Morgan fingerprint density at radius 3 is 2.15 bits per heavy atom. The maximum atomic E-state index is 12.5. The molecule has 1 aromatic carbocycles. The van der Waals surface area contributed by atoms with Crippen LogP contribution in [0.3, 0.4) is 0 Å². The van der Waals surface area contributed by atoms with Gasteiger partial charge in [0.2, 0.25) is 0 Å². The number of rotatable bonds is 1. The average molecular weight is 219 g/mol. The molecule has 0 aliphatic heterocycles. The topological polar surface area (TPSA) is 37.3 Å². The van der Waals surface area contributed by atoms with Crippen LogP contribution < -0.4 is 0 Å². The third-order valence-corrected chi connectivity index (χ3v) is 1.88. The van der Waals surface area contributed by atoms with Gasteiger partial charge in [0, 0.05) is 29.6 Å². The first-order valence-electron chi connectivity index (χ1n) is 2.78. The van der Waals surface area contributed by atoms with Crippen molar-refractivity contribution >= 4 is 40.6 Å². The number of benzene rings is 1. The summed E-state index contributed by atoms with van der Waals surface area (Å²) in [5, 5.41) is 0. The van der Waals surface area contributed by atoms with Crippen molar-refractivity contribution in [3.63, 3.8) is 0 Å². The van der Waals surface area contributed by atoms with E-state index in [1.807, 2.05) is 0 Å². The molecule has 0 aliphatic rings. The van der Waals surface area contributed by atoms with E-state index >= 15 is 0 Å². The first-order valence-corrected chi connectivity index (χ1v) is 3.89. The van der Waals surface area contributed by atoms with E-state index < -0.39 is 33.4 Å². The molecule has 0 fully saturated rings. The second kappa shape index (κ2) is 5.11. The summed E-state index contributed by atoms with van der Waals surface area (Å²) in [6.07, 6.45) is 0. The minimum Gasteiger partial charge on any atom is -0.302 e. The molecule has 0 spiro atoms. The maximum absolute atomic E-state index is 12.5. The quantitative estimate of drug-likeness (QED) is 0.439. The van der Waals surface area contributed by atoms with Crippen LogP contribution in [0.2, 0.25) is 0 Å². The molecule has 0 aliphatic carbocycles. The van der Waals surface area contributed by atoms with Crippen LogP contribution in [0, 0.1) is 17.5 Å². The summed E-state index contributed by atoms with van der Waals surface area (Å²) in [6, 6.07) is 1.30. The molecule has 1 atom stereocenters. The van der Waals surface area contributed by atoms with Gasteiger partial charge in [-0.2, -0.15) is 0 Å². The summed E-state index contributed by atoms with van der Waals surface area (Å²) in [5.74, 6) is -4.76. The molecule has 67 valence electrons. The fourth-order valence-corrected chi connectivity index (χ4v) is 1.07. The van der Waals surface area contributed by atoms with E-state index in [1.165, 1.54) is 0 Å². The first kappa shape index (κ1) is 13.1. The Kier molecular flexibility index (Phi) is 5.16. The SMILES string of the molecule is O=S(O)c1ccc(F)c(F)c1F.[Na]. The minimum absolute atomic E-state index is 0. The van der Waals surface area contributed by atoms with Crippen molar-refractivity contribution in [2.75, 3.05) is 0 Å². The summed E-state index contributed by atoms with van der Waals surface area (Å²) in [6.45, 7) is 0. The van der Waals surface area contributed by atoms with Gasteiger partial charge in [0.05, 0.1) is 0 Å². The summed E-state index contributed by atoms with van der Waals surface area (Å²) in [4.78, 5) is -0.770. The summed E-state index contributed by atoms with van der Waals surface area (Å²) < 4.78 is 55.8. The summed E-state index contributed by atoms with van der Waals surface area (Å²) >= 11 is -2.64. The second-order valence-corrected chi connectivity index (χ2v) is 2.86. The van der Waals surface area contributed by atoms with Gasteiger partial charge in [-0.3, -0.25) is 0 Å². The van der Waals surface area contributed by atoms with E-state index in [4.69, 9.17) is 4.55 Å². The van der Waals surface area contributed by atoms with Gasteiger partial charge in [-0.15, -0.1) is 0 Å². The summed E-state index contributed by atoms with van der Waals surface area (Å²) in [7, 11) is 0. The van der Waals surface area contributed by atoms with Crippen LogP contribution in [-0.2, 0) is 11.1 Å². The number of hydrogen-bond acceptors (Lipinski definition) is 1. The molecule has 0 saturated heterocycles. The Labute approximate surface area is 96.7 Å². The van der Waals surface area contributed by atoms with Crippen LogP contribution in [-0.4, -0.2) is 38.3 Å². The zero-order valence-electron chi connectivity index (χ0n) is 6.55. The van der Waals surface area contributed by atoms with E-state index in [9.17, 15) is 17.4 Å². The van der Waals surface area contributed by atoms with E-state index in [2.05, 4.69) is 0 Å². The Hall–Kier alpha value is 0.120. The maximum Gasteiger partial charge on any atom is 0.195 e. The number of hydrogen-bond donors (Lipinski definition) is 1. The molecule has 13 heavy (non-hydrogen) atoms. The van der Waals surface area contributed by atoms with Crippen molar-refractivity contribution < 1.29 is 21.9 Å². The van der Waals surface area contributed by atoms with Crippen LogP contribution in [0.1, 0.15) is 0 Å². The van der Waals surface area contributed by atoms with E-state index in [0.29, 0.717) is 12.1 Å². The molecule has 1 aromatic rings. The fraction of sp³-hybridized carbons (Fsp3) is 0. The van der Waals surface area contributed by atoms with Crippen molar-refractivity contribution in [2.45, 2.75) is 4.90 Å². The van der Waals surface area contributed by atoms with Gasteiger partial charge in [0.25, 0.3) is 0 Å². The van der Waals surface area contributed by atoms with E-state index in [0.717, 1.165) is 0 Å². The summed E-state index contributed by atoms with van der Waals surface area (Å²) in [5.41, 5.74) is 0. The molecule has 1 N–H and O–H groups in total. The molecule has 2 nitrogen and oxygen atoms in total. The second-order valence-electron chi connectivity index (χ2n) is 1.92. The van der Waals surface area contributed by atoms with Crippen molar-refractivity contribution in [1.29, 1.82) is 0 Å². The van der Waals surface area contributed by atoms with Crippen molar-refractivity contribution in [3.05, 3.63) is 29.6 Å². The van der Waals surface area contributed by atoms with Gasteiger partial charge < -0.3 is 4.55 Å². The van der Waals surface area contributed by atoms with Crippen LogP contribution >= 0.6 is 0 Å². The standard InChI is InChI=1S/C6H3F3O2S.Na/c7-3-1-2-4(12(10)11)6(9)5(3)8;/h1-2H,(H,10,11);. The Bertz CT molecular complexity index is 345. The van der Waals surface area contributed by atoms with Crippen LogP contribution in [0.5, 0.6) is 0 Å². The van der Waals surface area contributed by atoms with Crippen LogP contribution in [0.4, 0.5) is 13.2 Å². The third-order valence-electron chi connectivity index (χ3n) is 1.19. The molecule has 0 bridgehead atoms. The van der Waals surface area contributed by atoms with Gasteiger partial charge in [0.15, 0.2) is 28.5 Å². The fourth-order valence-electron chi connectivity index (χ4n) is 0.643. The first-order chi connectivity index (χ1) is 5.54. The Morgan fingerprint density at radius 1 is 1.15 bits per heavy atom. The molecule has 0 saturated carbocycles. The molecular formula is C6H3F3NaO2S. The molecule has 1 radical (unpaired) electrons. The largest absolute Gasteiger partial charge is 0.302 e. The van der Waals surface area contributed by atoms with Gasteiger partial charge >= 0.3 is 0 Å². The van der Waals surface area contributed by atoms with E-state index in [-0.39, 0.29) is 29.6 Å². The molecule has 1 unspecified atom stereocenters. The Balaban J connectivity index is 0.00000144. The predicted octanol–water partition coefficient (Wildman–Crippen LogP) is 1.30. The molecule has 0 heterocycles. The number of halogens is 3. The molecule has 0 amide bonds. The predicted molar refractivity (Wildman–Crippen MR) is 41.1 cm³/mol. The minimum atomic E-state index is -2.64. The van der Waals surface area contributed by atoms with Gasteiger partial charge in [-0.1, -0.05) is 0 Å². The molecular weight excluding hydrogens is 216 g/mol. The molecule has 1 rings (SSSR count). The van der Waals surface area contributed by atoms with Crippen molar-refractivity contribution in [2.24, 2.45) is 0 Å². The van der Waals surface area contributed by atoms with Crippen molar-refractivity contribution in [1.82, 2.24) is 0 Å². The van der Waals surface area contributed by atoms with Crippen LogP contribution in [0.15, 0.2) is 17.0 Å². The van der Waals surface area contributed by atoms with Crippen molar-refractivity contribution in [3.8, 4) is 0 Å². The Morgan fingerprint density at radius 2 is 1.69 bits per heavy atom. The smallest absolute Gasteiger partial charge is 0.195 e. The van der Waals surface area contributed by atoms with E-state index in [1.54, 1.807) is 0 Å². The monoisotopic (exact) mass is 219 g/mol.